The minimum absolute atomic E-state index is 0.108. The number of rotatable bonds is 5. The van der Waals surface area contributed by atoms with Gasteiger partial charge >= 0.3 is 5.63 Å². The highest BCUT2D eigenvalue weighted by Gasteiger charge is 2.15. The maximum absolute atomic E-state index is 12.4. The highest BCUT2D eigenvalue weighted by molar-refractivity contribution is 7.11. The van der Waals surface area contributed by atoms with Crippen molar-refractivity contribution in [1.82, 2.24) is 4.98 Å². The van der Waals surface area contributed by atoms with Gasteiger partial charge in [0.25, 0.3) is 5.69 Å². The normalized spacial score (nSPS) is 11.3. The molecule has 9 heteroatoms. The number of anilines is 1. The summed E-state index contributed by atoms with van der Waals surface area (Å²) in [7, 11) is 0. The molecule has 2 aromatic carbocycles. The molecular weight excluding hydrogens is 416 g/mol. The number of nitro groups is 1. The maximum atomic E-state index is 12.4. The molecule has 0 aliphatic heterocycles. The molecule has 0 saturated heterocycles. The van der Waals surface area contributed by atoms with Gasteiger partial charge in [-0.25, -0.2) is 9.78 Å². The van der Waals surface area contributed by atoms with E-state index in [4.69, 9.17) is 4.42 Å². The van der Waals surface area contributed by atoms with E-state index in [1.54, 1.807) is 11.6 Å². The Kier molecular flexibility index (Phi) is 5.30. The monoisotopic (exact) mass is 430 g/mol. The summed E-state index contributed by atoms with van der Waals surface area (Å²) in [6.45, 7) is 1.95. The Bertz CT molecular complexity index is 1450. The predicted molar refractivity (Wildman–Crippen MR) is 119 cm³/mol. The average Bonchev–Trinajstić information content (AvgIpc) is 3.24. The van der Waals surface area contributed by atoms with Crippen LogP contribution < -0.4 is 10.9 Å². The van der Waals surface area contributed by atoms with Crippen molar-refractivity contribution in [1.29, 1.82) is 5.26 Å². The summed E-state index contributed by atoms with van der Waals surface area (Å²) in [6, 6.07) is 15.3. The van der Waals surface area contributed by atoms with Crippen LogP contribution in [0.1, 0.15) is 10.6 Å². The fraction of sp³-hybridized carbons (Fsp3) is 0.0455. The first-order valence-corrected chi connectivity index (χ1v) is 9.95. The summed E-state index contributed by atoms with van der Waals surface area (Å²) in [5.41, 5.74) is 2.22. The SMILES string of the molecule is Cc1ccccc1NC=C(C#N)c1nc(-c2cc3cc([N+](=O)[O-])ccc3oc2=O)cs1. The van der Waals surface area contributed by atoms with Gasteiger partial charge in [0, 0.05) is 34.8 Å². The van der Waals surface area contributed by atoms with Crippen LogP contribution in [-0.2, 0) is 0 Å². The Morgan fingerprint density at radius 3 is 2.84 bits per heavy atom. The Hall–Kier alpha value is -4.29. The van der Waals surface area contributed by atoms with E-state index < -0.39 is 10.5 Å². The highest BCUT2D eigenvalue weighted by atomic mass is 32.1. The molecule has 0 spiro atoms. The van der Waals surface area contributed by atoms with Crippen LogP contribution in [0.3, 0.4) is 0 Å². The summed E-state index contributed by atoms with van der Waals surface area (Å²) in [4.78, 5) is 27.3. The Balaban J connectivity index is 1.69. The van der Waals surface area contributed by atoms with Crippen molar-refractivity contribution in [3.05, 3.63) is 91.2 Å². The molecule has 152 valence electrons. The lowest BCUT2D eigenvalue weighted by Crippen LogP contribution is -2.03. The first-order chi connectivity index (χ1) is 15.0. The Labute approximate surface area is 179 Å². The molecule has 0 fully saturated rings. The number of hydrogen-bond donors (Lipinski definition) is 1. The fourth-order valence-corrected chi connectivity index (χ4v) is 3.74. The number of aryl methyl sites for hydroxylation is 1. The molecular formula is C22H14N4O4S. The molecule has 2 aromatic heterocycles. The summed E-state index contributed by atoms with van der Waals surface area (Å²) in [5, 5.41) is 26.2. The third kappa shape index (κ3) is 4.05. The number of benzene rings is 2. The molecule has 0 amide bonds. The van der Waals surface area contributed by atoms with Gasteiger partial charge in [-0.2, -0.15) is 5.26 Å². The lowest BCUT2D eigenvalue weighted by Gasteiger charge is -2.04. The van der Waals surface area contributed by atoms with E-state index in [1.165, 1.54) is 35.6 Å². The largest absolute Gasteiger partial charge is 0.422 e. The number of nitrogens with one attached hydrogen (secondary N) is 1. The summed E-state index contributed by atoms with van der Waals surface area (Å²) >= 11 is 1.21. The molecule has 8 nitrogen and oxygen atoms in total. The lowest BCUT2D eigenvalue weighted by molar-refractivity contribution is -0.384. The Morgan fingerprint density at radius 1 is 1.29 bits per heavy atom. The molecule has 0 radical (unpaired) electrons. The number of para-hydroxylation sites is 1. The zero-order valence-electron chi connectivity index (χ0n) is 16.2. The fourth-order valence-electron chi connectivity index (χ4n) is 2.95. The summed E-state index contributed by atoms with van der Waals surface area (Å²) in [6.07, 6.45) is 1.57. The molecule has 31 heavy (non-hydrogen) atoms. The van der Waals surface area contributed by atoms with Gasteiger partial charge in [-0.3, -0.25) is 10.1 Å². The van der Waals surface area contributed by atoms with Crippen LogP contribution in [0.2, 0.25) is 0 Å². The van der Waals surface area contributed by atoms with E-state index in [-0.39, 0.29) is 16.8 Å². The van der Waals surface area contributed by atoms with Crippen LogP contribution >= 0.6 is 11.3 Å². The van der Waals surface area contributed by atoms with Gasteiger partial charge in [-0.15, -0.1) is 11.3 Å². The lowest BCUT2D eigenvalue weighted by atomic mass is 10.1. The van der Waals surface area contributed by atoms with Gasteiger partial charge in [0.2, 0.25) is 0 Å². The smallest absolute Gasteiger partial charge is 0.345 e. The molecule has 0 aliphatic carbocycles. The molecule has 2 heterocycles. The number of nitro benzene ring substituents is 1. The topological polar surface area (TPSA) is 122 Å². The number of hydrogen-bond acceptors (Lipinski definition) is 8. The van der Waals surface area contributed by atoms with E-state index in [2.05, 4.69) is 16.4 Å². The van der Waals surface area contributed by atoms with E-state index in [0.29, 0.717) is 21.7 Å². The minimum atomic E-state index is -0.612. The van der Waals surface area contributed by atoms with Gasteiger partial charge in [-0.05, 0) is 30.7 Å². The second kappa shape index (κ2) is 8.22. The zero-order chi connectivity index (χ0) is 22.0. The van der Waals surface area contributed by atoms with Gasteiger partial charge in [0.05, 0.1) is 16.2 Å². The number of aromatic nitrogens is 1. The van der Waals surface area contributed by atoms with Gasteiger partial charge in [0.15, 0.2) is 0 Å². The number of nitriles is 1. The summed E-state index contributed by atoms with van der Waals surface area (Å²) in [5.74, 6) is 0. The molecule has 1 N–H and O–H groups in total. The van der Waals surface area contributed by atoms with Crippen LogP contribution in [0, 0.1) is 28.4 Å². The number of fused-ring (bicyclic) bond motifs is 1. The average molecular weight is 430 g/mol. The van der Waals surface area contributed by atoms with Crippen LogP contribution in [0.4, 0.5) is 11.4 Å². The van der Waals surface area contributed by atoms with E-state index in [0.717, 1.165) is 11.3 Å². The van der Waals surface area contributed by atoms with Crippen LogP contribution in [0.25, 0.3) is 27.8 Å². The minimum Gasteiger partial charge on any atom is -0.422 e. The molecule has 4 rings (SSSR count). The highest BCUT2D eigenvalue weighted by Crippen LogP contribution is 2.28. The first kappa shape index (κ1) is 20.0. The molecule has 0 aliphatic rings. The van der Waals surface area contributed by atoms with E-state index >= 15 is 0 Å². The Morgan fingerprint density at radius 2 is 2.10 bits per heavy atom. The van der Waals surface area contributed by atoms with Crippen molar-refractivity contribution < 1.29 is 9.34 Å². The second-order valence-electron chi connectivity index (χ2n) is 6.59. The standard InChI is InChI=1S/C22H14N4O4S/c1-13-4-2-3-5-18(13)24-11-15(10-23)21-25-19(12-31-21)17-9-14-8-16(26(28)29)6-7-20(14)30-22(17)27/h2-9,11-12,24H,1H3. The van der Waals surface area contributed by atoms with Gasteiger partial charge < -0.3 is 9.73 Å². The molecule has 0 atom stereocenters. The van der Waals surface area contributed by atoms with E-state index in [9.17, 15) is 20.2 Å². The second-order valence-corrected chi connectivity index (χ2v) is 7.45. The van der Waals surface area contributed by atoms with Crippen molar-refractivity contribution in [2.75, 3.05) is 5.32 Å². The van der Waals surface area contributed by atoms with Crippen molar-refractivity contribution in [2.24, 2.45) is 0 Å². The molecule has 0 saturated carbocycles. The number of allylic oxidation sites excluding steroid dienone is 1. The van der Waals surface area contributed by atoms with Crippen molar-refractivity contribution in [3.8, 4) is 17.3 Å². The van der Waals surface area contributed by atoms with Crippen molar-refractivity contribution in [3.63, 3.8) is 0 Å². The first-order valence-electron chi connectivity index (χ1n) is 9.07. The maximum Gasteiger partial charge on any atom is 0.345 e. The third-order valence-corrected chi connectivity index (χ3v) is 5.45. The molecule has 0 unspecified atom stereocenters. The quantitative estimate of drug-likeness (QED) is 0.202. The van der Waals surface area contributed by atoms with Gasteiger partial charge in [0.1, 0.15) is 22.2 Å². The predicted octanol–water partition coefficient (Wildman–Crippen LogP) is 5.11. The number of non-ortho nitro benzene ring substituents is 1. The van der Waals surface area contributed by atoms with E-state index in [1.807, 2.05) is 31.2 Å². The number of thiazole rings is 1. The van der Waals surface area contributed by atoms with Crippen LogP contribution in [0.15, 0.2) is 69.3 Å². The molecule has 0 bridgehead atoms. The third-order valence-electron chi connectivity index (χ3n) is 4.57. The summed E-state index contributed by atoms with van der Waals surface area (Å²) < 4.78 is 5.29. The van der Waals surface area contributed by atoms with Crippen molar-refractivity contribution in [2.45, 2.75) is 6.92 Å². The van der Waals surface area contributed by atoms with Crippen molar-refractivity contribution >= 4 is 39.3 Å². The van der Waals surface area contributed by atoms with Gasteiger partial charge in [-0.1, -0.05) is 18.2 Å². The van der Waals surface area contributed by atoms with Crippen LogP contribution in [-0.4, -0.2) is 9.91 Å². The van der Waals surface area contributed by atoms with Crippen LogP contribution in [0.5, 0.6) is 0 Å². The number of nitrogens with zero attached hydrogens (tertiary/aromatic N) is 3. The zero-order valence-corrected chi connectivity index (χ0v) is 17.0. The molecule has 4 aromatic rings.